The number of piperazine rings is 1. The number of urea groups is 1. The Kier molecular flexibility index (Phi) is 5.53. The Bertz CT molecular complexity index is 751. The van der Waals surface area contributed by atoms with E-state index in [1.807, 2.05) is 23.1 Å². The van der Waals surface area contributed by atoms with Gasteiger partial charge in [0.25, 0.3) is 5.91 Å². The molecule has 0 aliphatic carbocycles. The smallest absolute Gasteiger partial charge is 0.322 e. The molecule has 4 amide bonds. The first-order chi connectivity index (χ1) is 12.9. The summed E-state index contributed by atoms with van der Waals surface area (Å²) < 4.78 is 5.34. The third-order valence-corrected chi connectivity index (χ3v) is 5.21. The number of imide groups is 1. The van der Waals surface area contributed by atoms with Crippen molar-refractivity contribution in [2.45, 2.75) is 38.8 Å². The molecule has 8 heteroatoms. The first kappa shape index (κ1) is 19.0. The number of carbonyl (C=O) groups is 3. The van der Waals surface area contributed by atoms with Gasteiger partial charge in [-0.25, -0.2) is 4.79 Å². The van der Waals surface area contributed by atoms with E-state index in [4.69, 9.17) is 4.74 Å². The maximum atomic E-state index is 12.5. The maximum absolute atomic E-state index is 12.5. The molecule has 0 unspecified atom stereocenters. The van der Waals surface area contributed by atoms with Crippen LogP contribution in [0.5, 0.6) is 5.75 Å². The van der Waals surface area contributed by atoms with E-state index >= 15 is 0 Å². The van der Waals surface area contributed by atoms with E-state index in [1.54, 1.807) is 7.11 Å². The fourth-order valence-corrected chi connectivity index (χ4v) is 3.66. The molecule has 2 heterocycles. The summed E-state index contributed by atoms with van der Waals surface area (Å²) >= 11 is 0. The minimum Gasteiger partial charge on any atom is -0.497 e. The predicted octanol–water partition coefficient (Wildman–Crippen LogP) is 1.03. The molecule has 0 radical (unpaired) electrons. The van der Waals surface area contributed by atoms with Crippen molar-refractivity contribution >= 4 is 23.5 Å². The SMILES string of the molecule is COc1ccc(C)c(N2CCN(C(=O)CC[C@H]3NC(=O)NC3=O)C[C@@H]2C)c1. The Balaban J connectivity index is 1.57. The second kappa shape index (κ2) is 7.85. The van der Waals surface area contributed by atoms with Crippen LogP contribution in [0.25, 0.3) is 0 Å². The number of hydrogen-bond acceptors (Lipinski definition) is 5. The van der Waals surface area contributed by atoms with Crippen LogP contribution in [0.1, 0.15) is 25.3 Å². The van der Waals surface area contributed by atoms with Gasteiger partial charge in [-0.05, 0) is 31.9 Å². The van der Waals surface area contributed by atoms with Gasteiger partial charge in [0.1, 0.15) is 11.8 Å². The van der Waals surface area contributed by atoms with E-state index < -0.39 is 12.1 Å². The Morgan fingerprint density at radius 1 is 1.30 bits per heavy atom. The zero-order valence-electron chi connectivity index (χ0n) is 15.9. The molecule has 0 bridgehead atoms. The van der Waals surface area contributed by atoms with Gasteiger partial charge < -0.3 is 19.9 Å². The molecule has 2 aliphatic rings. The van der Waals surface area contributed by atoms with E-state index in [1.165, 1.54) is 5.56 Å². The molecule has 1 aromatic rings. The highest BCUT2D eigenvalue weighted by Gasteiger charge is 2.32. The van der Waals surface area contributed by atoms with Crippen molar-refractivity contribution in [1.29, 1.82) is 0 Å². The molecule has 1 aromatic carbocycles. The molecule has 2 N–H and O–H groups in total. The molecule has 2 saturated heterocycles. The van der Waals surface area contributed by atoms with Gasteiger partial charge in [-0.3, -0.25) is 14.9 Å². The molecule has 2 atom stereocenters. The number of carbonyl (C=O) groups excluding carboxylic acids is 3. The third-order valence-electron chi connectivity index (χ3n) is 5.21. The lowest BCUT2D eigenvalue weighted by atomic mass is 10.1. The number of anilines is 1. The van der Waals surface area contributed by atoms with E-state index in [0.29, 0.717) is 19.5 Å². The quantitative estimate of drug-likeness (QED) is 0.751. The highest BCUT2D eigenvalue weighted by molar-refractivity contribution is 6.04. The van der Waals surface area contributed by atoms with Crippen LogP contribution in [0.3, 0.4) is 0 Å². The predicted molar refractivity (Wildman–Crippen MR) is 101 cm³/mol. The second-order valence-electron chi connectivity index (χ2n) is 7.09. The van der Waals surface area contributed by atoms with Crippen LogP contribution in [0, 0.1) is 6.92 Å². The first-order valence-electron chi connectivity index (χ1n) is 9.19. The van der Waals surface area contributed by atoms with Crippen LogP contribution in [0.2, 0.25) is 0 Å². The minimum atomic E-state index is -0.611. The van der Waals surface area contributed by atoms with Gasteiger partial charge in [-0.15, -0.1) is 0 Å². The van der Waals surface area contributed by atoms with Crippen LogP contribution in [-0.4, -0.2) is 61.6 Å². The average Bonchev–Trinajstić information content (AvgIpc) is 2.97. The molecule has 0 aromatic heterocycles. The summed E-state index contributed by atoms with van der Waals surface area (Å²) in [5.41, 5.74) is 2.30. The van der Waals surface area contributed by atoms with E-state index in [9.17, 15) is 14.4 Å². The zero-order chi connectivity index (χ0) is 19.6. The molecular formula is C19H26N4O4. The van der Waals surface area contributed by atoms with Gasteiger partial charge in [-0.2, -0.15) is 0 Å². The lowest BCUT2D eigenvalue weighted by Gasteiger charge is -2.42. The molecule has 8 nitrogen and oxygen atoms in total. The molecule has 3 rings (SSSR count). The first-order valence-corrected chi connectivity index (χ1v) is 9.19. The number of methoxy groups -OCH3 is 1. The fourth-order valence-electron chi connectivity index (χ4n) is 3.66. The van der Waals surface area contributed by atoms with E-state index in [-0.39, 0.29) is 24.3 Å². The number of benzene rings is 1. The summed E-state index contributed by atoms with van der Waals surface area (Å²) in [7, 11) is 1.65. The standard InChI is InChI=1S/C19H26N4O4/c1-12-4-5-14(27-3)10-16(12)23-9-8-22(11-13(23)2)17(24)7-6-15-18(25)21-19(26)20-15/h4-5,10,13,15H,6-9,11H2,1-3H3,(H2,20,21,25,26)/t13-,15+/m0/s1. The average molecular weight is 374 g/mol. The number of nitrogens with zero attached hydrogens (tertiary/aromatic N) is 2. The molecule has 27 heavy (non-hydrogen) atoms. The van der Waals surface area contributed by atoms with Crippen molar-refractivity contribution in [2.24, 2.45) is 0 Å². The van der Waals surface area contributed by atoms with E-state index in [0.717, 1.165) is 18.0 Å². The van der Waals surface area contributed by atoms with Crippen molar-refractivity contribution < 1.29 is 19.1 Å². The highest BCUT2D eigenvalue weighted by Crippen LogP contribution is 2.28. The number of hydrogen-bond donors (Lipinski definition) is 2. The number of amides is 4. The third kappa shape index (κ3) is 4.15. The largest absolute Gasteiger partial charge is 0.497 e. The van der Waals surface area contributed by atoms with Crippen molar-refractivity contribution in [3.05, 3.63) is 23.8 Å². The maximum Gasteiger partial charge on any atom is 0.322 e. The molecular weight excluding hydrogens is 348 g/mol. The van der Waals surface area contributed by atoms with Gasteiger partial charge in [0.05, 0.1) is 7.11 Å². The van der Waals surface area contributed by atoms with Gasteiger partial charge in [0.2, 0.25) is 5.91 Å². The van der Waals surface area contributed by atoms with Crippen LogP contribution < -0.4 is 20.3 Å². The summed E-state index contributed by atoms with van der Waals surface area (Å²) in [6, 6.07) is 5.08. The molecule has 0 saturated carbocycles. The number of rotatable bonds is 5. The van der Waals surface area contributed by atoms with Gasteiger partial charge in [0.15, 0.2) is 0 Å². The monoisotopic (exact) mass is 374 g/mol. The molecule has 146 valence electrons. The van der Waals surface area contributed by atoms with Crippen LogP contribution >= 0.6 is 0 Å². The minimum absolute atomic E-state index is 0.0119. The number of nitrogens with one attached hydrogen (secondary N) is 2. The topological polar surface area (TPSA) is 91.0 Å². The van der Waals surface area contributed by atoms with Gasteiger partial charge in [-0.1, -0.05) is 6.07 Å². The van der Waals surface area contributed by atoms with Crippen molar-refractivity contribution in [3.63, 3.8) is 0 Å². The Morgan fingerprint density at radius 3 is 2.70 bits per heavy atom. The summed E-state index contributed by atoms with van der Waals surface area (Å²) in [6.07, 6.45) is 0.559. The van der Waals surface area contributed by atoms with Crippen LogP contribution in [0.15, 0.2) is 18.2 Å². The highest BCUT2D eigenvalue weighted by atomic mass is 16.5. The Hall–Kier alpha value is -2.77. The molecule has 2 fully saturated rings. The van der Waals surface area contributed by atoms with Crippen molar-refractivity contribution in [2.75, 3.05) is 31.6 Å². The molecule has 2 aliphatic heterocycles. The van der Waals surface area contributed by atoms with Gasteiger partial charge in [0, 0.05) is 43.9 Å². The number of ether oxygens (including phenoxy) is 1. The van der Waals surface area contributed by atoms with Crippen molar-refractivity contribution in [3.8, 4) is 5.75 Å². The fraction of sp³-hybridized carbons (Fsp3) is 0.526. The summed E-state index contributed by atoms with van der Waals surface area (Å²) in [4.78, 5) is 39.4. The van der Waals surface area contributed by atoms with Gasteiger partial charge >= 0.3 is 6.03 Å². The number of aryl methyl sites for hydroxylation is 1. The second-order valence-corrected chi connectivity index (χ2v) is 7.09. The normalized spacial score (nSPS) is 22.5. The Morgan fingerprint density at radius 2 is 2.07 bits per heavy atom. The Labute approximate surface area is 158 Å². The van der Waals surface area contributed by atoms with Crippen LogP contribution in [0.4, 0.5) is 10.5 Å². The van der Waals surface area contributed by atoms with Crippen molar-refractivity contribution in [1.82, 2.24) is 15.5 Å². The van der Waals surface area contributed by atoms with E-state index in [2.05, 4.69) is 29.4 Å². The summed E-state index contributed by atoms with van der Waals surface area (Å²) in [5.74, 6) is 0.468. The molecule has 0 spiro atoms. The lowest BCUT2D eigenvalue weighted by molar-refractivity contribution is -0.132. The zero-order valence-corrected chi connectivity index (χ0v) is 15.9. The lowest BCUT2D eigenvalue weighted by Crippen LogP contribution is -2.54. The summed E-state index contributed by atoms with van der Waals surface area (Å²) in [6.45, 7) is 6.16. The van der Waals surface area contributed by atoms with Crippen LogP contribution in [-0.2, 0) is 9.59 Å². The summed E-state index contributed by atoms with van der Waals surface area (Å²) in [5, 5.41) is 4.71.